The Hall–Kier alpha value is -1.06. The molecule has 2 N–H and O–H groups in total. The van der Waals surface area contributed by atoms with Crippen LogP contribution in [0, 0.1) is 5.92 Å². The summed E-state index contributed by atoms with van der Waals surface area (Å²) in [7, 11) is 0. The van der Waals surface area contributed by atoms with Crippen LogP contribution >= 0.6 is 0 Å². The van der Waals surface area contributed by atoms with E-state index in [1.807, 2.05) is 32.0 Å². The SMILES string of the molecule is CC[C@@H](O)c1ccccc1N1CCC(C(C)O)C1. The molecule has 1 aromatic carbocycles. The van der Waals surface area contributed by atoms with E-state index in [4.69, 9.17) is 0 Å². The van der Waals surface area contributed by atoms with Gasteiger partial charge in [0, 0.05) is 30.3 Å². The van der Waals surface area contributed by atoms with Crippen molar-refractivity contribution in [2.45, 2.75) is 38.9 Å². The maximum Gasteiger partial charge on any atom is 0.0807 e. The van der Waals surface area contributed by atoms with Crippen LogP contribution in [0.25, 0.3) is 0 Å². The van der Waals surface area contributed by atoms with Crippen LogP contribution in [0.4, 0.5) is 5.69 Å². The predicted molar refractivity (Wildman–Crippen MR) is 73.7 cm³/mol. The van der Waals surface area contributed by atoms with Crippen LogP contribution in [0.3, 0.4) is 0 Å². The summed E-state index contributed by atoms with van der Waals surface area (Å²) in [5.74, 6) is 0.344. The first kappa shape index (κ1) is 13.4. The Morgan fingerprint density at radius 3 is 2.67 bits per heavy atom. The molecule has 0 amide bonds. The van der Waals surface area contributed by atoms with Gasteiger partial charge in [0.2, 0.25) is 0 Å². The molecule has 1 aliphatic heterocycles. The highest BCUT2D eigenvalue weighted by Gasteiger charge is 2.27. The largest absolute Gasteiger partial charge is 0.393 e. The second-order valence-corrected chi connectivity index (χ2v) is 5.22. The molecular formula is C15H23NO2. The zero-order chi connectivity index (χ0) is 13.1. The van der Waals surface area contributed by atoms with E-state index in [1.54, 1.807) is 0 Å². The molecule has 0 aliphatic carbocycles. The maximum atomic E-state index is 10.1. The maximum absolute atomic E-state index is 10.1. The number of para-hydroxylation sites is 1. The molecule has 3 nitrogen and oxygen atoms in total. The summed E-state index contributed by atoms with van der Waals surface area (Å²) < 4.78 is 0. The van der Waals surface area contributed by atoms with Gasteiger partial charge in [-0.3, -0.25) is 0 Å². The summed E-state index contributed by atoms with van der Waals surface area (Å²) in [6.45, 7) is 5.69. The summed E-state index contributed by atoms with van der Waals surface area (Å²) in [6.07, 6.45) is 1.10. The monoisotopic (exact) mass is 249 g/mol. The zero-order valence-corrected chi connectivity index (χ0v) is 11.2. The fraction of sp³-hybridized carbons (Fsp3) is 0.600. The molecule has 1 aromatic rings. The second-order valence-electron chi connectivity index (χ2n) is 5.22. The number of hydrogen-bond acceptors (Lipinski definition) is 3. The molecule has 0 radical (unpaired) electrons. The van der Waals surface area contributed by atoms with Crippen molar-refractivity contribution in [1.82, 2.24) is 0 Å². The van der Waals surface area contributed by atoms with E-state index in [9.17, 15) is 10.2 Å². The lowest BCUT2D eigenvalue weighted by molar-refractivity contribution is 0.136. The number of aliphatic hydroxyl groups is 2. The third kappa shape index (κ3) is 2.68. The van der Waals surface area contributed by atoms with Gasteiger partial charge < -0.3 is 15.1 Å². The van der Waals surface area contributed by atoms with Gasteiger partial charge in [-0.15, -0.1) is 0 Å². The number of anilines is 1. The Labute approximate surface area is 109 Å². The molecule has 0 aromatic heterocycles. The molecule has 0 bridgehead atoms. The first-order chi connectivity index (χ1) is 8.63. The lowest BCUT2D eigenvalue weighted by Gasteiger charge is -2.24. The fourth-order valence-electron chi connectivity index (χ4n) is 2.68. The smallest absolute Gasteiger partial charge is 0.0807 e. The summed E-state index contributed by atoms with van der Waals surface area (Å²) in [4.78, 5) is 2.28. The first-order valence-electron chi connectivity index (χ1n) is 6.83. The Bertz CT molecular complexity index is 392. The number of rotatable bonds is 4. The van der Waals surface area contributed by atoms with E-state index in [0.29, 0.717) is 5.92 Å². The molecule has 1 saturated heterocycles. The Balaban J connectivity index is 2.19. The predicted octanol–water partition coefficient (Wildman–Crippen LogP) is 2.34. The third-order valence-corrected chi connectivity index (χ3v) is 3.93. The first-order valence-corrected chi connectivity index (χ1v) is 6.83. The van der Waals surface area contributed by atoms with Gasteiger partial charge in [-0.25, -0.2) is 0 Å². The number of benzene rings is 1. The summed E-state index contributed by atoms with van der Waals surface area (Å²) in [6, 6.07) is 8.05. The van der Waals surface area contributed by atoms with Crippen molar-refractivity contribution in [3.05, 3.63) is 29.8 Å². The molecule has 2 rings (SSSR count). The average Bonchev–Trinajstić information content (AvgIpc) is 2.87. The highest BCUT2D eigenvalue weighted by Crippen LogP contribution is 2.32. The molecule has 2 unspecified atom stereocenters. The Kier molecular flexibility index (Phi) is 4.25. The molecular weight excluding hydrogens is 226 g/mol. The summed E-state index contributed by atoms with van der Waals surface area (Å²) >= 11 is 0. The molecule has 0 saturated carbocycles. The van der Waals surface area contributed by atoms with Crippen LogP contribution in [0.15, 0.2) is 24.3 Å². The van der Waals surface area contributed by atoms with Crippen LogP contribution in [0.1, 0.15) is 38.4 Å². The van der Waals surface area contributed by atoms with Crippen molar-refractivity contribution in [1.29, 1.82) is 0 Å². The topological polar surface area (TPSA) is 43.7 Å². The van der Waals surface area contributed by atoms with Gasteiger partial charge >= 0.3 is 0 Å². The van der Waals surface area contributed by atoms with Gasteiger partial charge in [0.15, 0.2) is 0 Å². The quantitative estimate of drug-likeness (QED) is 0.861. The van der Waals surface area contributed by atoms with Gasteiger partial charge in [0.05, 0.1) is 12.2 Å². The Morgan fingerprint density at radius 2 is 2.06 bits per heavy atom. The average molecular weight is 249 g/mol. The standard InChI is InChI=1S/C15H23NO2/c1-3-15(18)13-6-4-5-7-14(13)16-9-8-12(10-16)11(2)17/h4-7,11-12,15,17-18H,3,8-10H2,1-2H3/t11?,12?,15-/m1/s1. The van der Waals surface area contributed by atoms with Crippen molar-refractivity contribution in [2.75, 3.05) is 18.0 Å². The van der Waals surface area contributed by atoms with E-state index < -0.39 is 6.10 Å². The molecule has 3 heteroatoms. The van der Waals surface area contributed by atoms with Crippen molar-refractivity contribution < 1.29 is 10.2 Å². The van der Waals surface area contributed by atoms with Crippen molar-refractivity contribution in [3.8, 4) is 0 Å². The van der Waals surface area contributed by atoms with Gasteiger partial charge in [0.1, 0.15) is 0 Å². The molecule has 0 spiro atoms. The molecule has 1 aliphatic rings. The van der Waals surface area contributed by atoms with Crippen LogP contribution in [0.2, 0.25) is 0 Å². The van der Waals surface area contributed by atoms with E-state index in [1.165, 1.54) is 0 Å². The summed E-state index contributed by atoms with van der Waals surface area (Å²) in [5.41, 5.74) is 2.13. The van der Waals surface area contributed by atoms with Gasteiger partial charge in [0.25, 0.3) is 0 Å². The molecule has 1 fully saturated rings. The number of hydrogen-bond donors (Lipinski definition) is 2. The molecule has 3 atom stereocenters. The minimum absolute atomic E-state index is 0.252. The van der Waals surface area contributed by atoms with E-state index in [0.717, 1.165) is 37.2 Å². The Morgan fingerprint density at radius 1 is 1.33 bits per heavy atom. The van der Waals surface area contributed by atoms with Crippen LogP contribution in [-0.4, -0.2) is 29.4 Å². The van der Waals surface area contributed by atoms with Gasteiger partial charge in [-0.1, -0.05) is 25.1 Å². The molecule has 1 heterocycles. The van der Waals surface area contributed by atoms with Crippen LogP contribution < -0.4 is 4.90 Å². The van der Waals surface area contributed by atoms with Crippen LogP contribution in [0.5, 0.6) is 0 Å². The van der Waals surface area contributed by atoms with Gasteiger partial charge in [-0.2, -0.15) is 0 Å². The number of nitrogens with zero attached hydrogens (tertiary/aromatic N) is 1. The van der Waals surface area contributed by atoms with Crippen LogP contribution in [-0.2, 0) is 0 Å². The lowest BCUT2D eigenvalue weighted by atomic mass is 10.0. The number of aliphatic hydroxyl groups excluding tert-OH is 2. The highest BCUT2D eigenvalue weighted by atomic mass is 16.3. The van der Waals surface area contributed by atoms with Crippen molar-refractivity contribution in [3.63, 3.8) is 0 Å². The molecule has 18 heavy (non-hydrogen) atoms. The fourth-order valence-corrected chi connectivity index (χ4v) is 2.68. The van der Waals surface area contributed by atoms with Crippen molar-refractivity contribution >= 4 is 5.69 Å². The highest BCUT2D eigenvalue weighted by molar-refractivity contribution is 5.55. The normalized spacial score (nSPS) is 23.1. The zero-order valence-electron chi connectivity index (χ0n) is 11.2. The second kappa shape index (κ2) is 5.72. The van der Waals surface area contributed by atoms with Crippen molar-refractivity contribution in [2.24, 2.45) is 5.92 Å². The van der Waals surface area contributed by atoms with E-state index >= 15 is 0 Å². The van der Waals surface area contributed by atoms with E-state index in [2.05, 4.69) is 11.0 Å². The van der Waals surface area contributed by atoms with E-state index in [-0.39, 0.29) is 6.10 Å². The minimum atomic E-state index is -0.396. The lowest BCUT2D eigenvalue weighted by Crippen LogP contribution is -2.25. The molecule has 100 valence electrons. The third-order valence-electron chi connectivity index (χ3n) is 3.93. The summed E-state index contributed by atoms with van der Waals surface area (Å²) in [5, 5.41) is 19.7. The van der Waals surface area contributed by atoms with Gasteiger partial charge in [-0.05, 0) is 25.8 Å². The minimum Gasteiger partial charge on any atom is -0.393 e.